The summed E-state index contributed by atoms with van der Waals surface area (Å²) in [7, 11) is 0. The van der Waals surface area contributed by atoms with Crippen LogP contribution in [0.15, 0.2) is 59.5 Å². The van der Waals surface area contributed by atoms with Gasteiger partial charge in [0.2, 0.25) is 0 Å². The summed E-state index contributed by atoms with van der Waals surface area (Å²) in [4.78, 5) is 13.3. The normalized spacial score (nSPS) is 10.4. The lowest BCUT2D eigenvalue weighted by atomic mass is 10.1. The zero-order valence-corrected chi connectivity index (χ0v) is 12.0. The van der Waals surface area contributed by atoms with Gasteiger partial charge in [0.25, 0.3) is 0 Å². The lowest BCUT2D eigenvalue weighted by Crippen LogP contribution is -2.03. The highest BCUT2D eigenvalue weighted by Gasteiger charge is 2.07. The van der Waals surface area contributed by atoms with E-state index in [1.54, 1.807) is 11.8 Å². The van der Waals surface area contributed by atoms with E-state index in [1.165, 1.54) is 5.56 Å². The number of carbonyl (C=O) groups is 1. The molecule has 2 aromatic rings. The minimum absolute atomic E-state index is 0.201. The van der Waals surface area contributed by atoms with Crippen LogP contribution >= 0.6 is 11.8 Å². The summed E-state index contributed by atoms with van der Waals surface area (Å²) < 4.78 is 0. The van der Waals surface area contributed by atoms with Gasteiger partial charge in [0.15, 0.2) is 5.78 Å². The van der Waals surface area contributed by atoms with Gasteiger partial charge < -0.3 is 0 Å². The number of aryl methyl sites for hydroxylation is 1. The molecule has 0 aromatic heterocycles. The molecule has 0 saturated carbocycles. The number of hydrogen-bond acceptors (Lipinski definition) is 2. The van der Waals surface area contributed by atoms with Crippen molar-refractivity contribution >= 4 is 17.5 Å². The first-order chi connectivity index (χ1) is 9.29. The summed E-state index contributed by atoms with van der Waals surface area (Å²) >= 11 is 1.59. The number of benzene rings is 2. The molecule has 0 amide bonds. The second kappa shape index (κ2) is 7.15. The monoisotopic (exact) mass is 270 g/mol. The van der Waals surface area contributed by atoms with Crippen LogP contribution in [-0.2, 0) is 6.42 Å². The molecule has 0 N–H and O–H groups in total. The molecule has 0 aliphatic rings. The Morgan fingerprint density at radius 2 is 1.84 bits per heavy atom. The first-order valence-corrected chi connectivity index (χ1v) is 7.58. The summed E-state index contributed by atoms with van der Waals surface area (Å²) in [5.74, 6) is 0.700. The molecule has 0 heterocycles. The highest BCUT2D eigenvalue weighted by Crippen LogP contribution is 2.19. The van der Waals surface area contributed by atoms with Gasteiger partial charge in [-0.05, 0) is 30.2 Å². The van der Waals surface area contributed by atoms with Gasteiger partial charge in [-0.1, -0.05) is 49.7 Å². The van der Waals surface area contributed by atoms with E-state index in [0.29, 0.717) is 5.75 Å². The topological polar surface area (TPSA) is 17.1 Å². The maximum atomic E-state index is 12.2. The Morgan fingerprint density at radius 1 is 1.05 bits per heavy atom. The van der Waals surface area contributed by atoms with E-state index < -0.39 is 0 Å². The van der Waals surface area contributed by atoms with Crippen LogP contribution in [0.5, 0.6) is 0 Å². The maximum absolute atomic E-state index is 12.2. The van der Waals surface area contributed by atoms with Gasteiger partial charge in [0, 0.05) is 10.5 Å². The van der Waals surface area contributed by atoms with Crippen molar-refractivity contribution in [2.24, 2.45) is 0 Å². The second-order valence-corrected chi connectivity index (χ2v) is 5.52. The molecule has 0 saturated heterocycles. The van der Waals surface area contributed by atoms with E-state index in [9.17, 15) is 4.79 Å². The van der Waals surface area contributed by atoms with Gasteiger partial charge in [-0.15, -0.1) is 11.8 Å². The van der Waals surface area contributed by atoms with Crippen LogP contribution in [0.2, 0.25) is 0 Å². The number of Topliss-reactive ketones (excluding diaryl/α,β-unsaturated/α-hetero) is 1. The standard InChI is InChI=1S/C17H18OS/c1-2-7-14-8-6-9-15(12-14)17(18)13-19-16-10-4-3-5-11-16/h3-6,8-12H,2,7,13H2,1H3. The van der Waals surface area contributed by atoms with E-state index in [1.807, 2.05) is 48.5 Å². The Kier molecular flexibility index (Phi) is 5.22. The summed E-state index contributed by atoms with van der Waals surface area (Å²) in [5.41, 5.74) is 2.08. The lowest BCUT2D eigenvalue weighted by molar-refractivity contribution is 0.102. The van der Waals surface area contributed by atoms with E-state index in [4.69, 9.17) is 0 Å². The van der Waals surface area contributed by atoms with Crippen molar-refractivity contribution in [2.75, 3.05) is 5.75 Å². The number of thioether (sulfide) groups is 1. The molecule has 2 aromatic carbocycles. The predicted molar refractivity (Wildman–Crippen MR) is 81.9 cm³/mol. The predicted octanol–water partition coefficient (Wildman–Crippen LogP) is 4.61. The zero-order valence-electron chi connectivity index (χ0n) is 11.1. The van der Waals surface area contributed by atoms with E-state index in [2.05, 4.69) is 13.0 Å². The van der Waals surface area contributed by atoms with E-state index in [-0.39, 0.29) is 5.78 Å². The van der Waals surface area contributed by atoms with Crippen molar-refractivity contribution < 1.29 is 4.79 Å². The van der Waals surface area contributed by atoms with Gasteiger partial charge in [-0.25, -0.2) is 0 Å². The summed E-state index contributed by atoms with van der Waals surface area (Å²) in [6.45, 7) is 2.15. The van der Waals surface area contributed by atoms with Crippen molar-refractivity contribution in [2.45, 2.75) is 24.7 Å². The Labute approximate surface area is 119 Å². The first-order valence-electron chi connectivity index (χ1n) is 6.59. The molecule has 19 heavy (non-hydrogen) atoms. The zero-order chi connectivity index (χ0) is 13.5. The molecule has 2 heteroatoms. The quantitative estimate of drug-likeness (QED) is 0.563. The van der Waals surface area contributed by atoms with Gasteiger partial charge in [0.05, 0.1) is 5.75 Å². The Hall–Kier alpha value is -1.54. The molecule has 1 nitrogen and oxygen atoms in total. The number of rotatable bonds is 6. The van der Waals surface area contributed by atoms with Crippen LogP contribution in [-0.4, -0.2) is 11.5 Å². The van der Waals surface area contributed by atoms with Crippen molar-refractivity contribution in [1.29, 1.82) is 0 Å². The summed E-state index contributed by atoms with van der Waals surface area (Å²) in [6.07, 6.45) is 2.14. The first kappa shape index (κ1) is 13.9. The molecular formula is C17H18OS. The van der Waals surface area contributed by atoms with Crippen LogP contribution in [0.4, 0.5) is 0 Å². The van der Waals surface area contributed by atoms with Crippen LogP contribution < -0.4 is 0 Å². The minimum atomic E-state index is 0.201. The number of hydrogen-bond donors (Lipinski definition) is 0. The molecule has 0 radical (unpaired) electrons. The van der Waals surface area contributed by atoms with Crippen molar-refractivity contribution in [3.05, 3.63) is 65.7 Å². The second-order valence-electron chi connectivity index (χ2n) is 4.48. The van der Waals surface area contributed by atoms with Crippen molar-refractivity contribution in [1.82, 2.24) is 0 Å². The third-order valence-electron chi connectivity index (χ3n) is 2.90. The maximum Gasteiger partial charge on any atom is 0.173 e. The van der Waals surface area contributed by atoms with Gasteiger partial charge in [-0.3, -0.25) is 4.79 Å². The molecule has 98 valence electrons. The fourth-order valence-corrected chi connectivity index (χ4v) is 2.75. The molecule has 0 aliphatic carbocycles. The highest BCUT2D eigenvalue weighted by molar-refractivity contribution is 8.00. The number of ketones is 1. The van der Waals surface area contributed by atoms with Crippen LogP contribution in [0.1, 0.15) is 29.3 Å². The molecule has 0 spiro atoms. The molecule has 0 aliphatic heterocycles. The van der Waals surface area contributed by atoms with Crippen LogP contribution in [0.25, 0.3) is 0 Å². The van der Waals surface area contributed by atoms with Gasteiger partial charge in [0.1, 0.15) is 0 Å². The van der Waals surface area contributed by atoms with E-state index in [0.717, 1.165) is 23.3 Å². The smallest absolute Gasteiger partial charge is 0.173 e. The lowest BCUT2D eigenvalue weighted by Gasteiger charge is -2.04. The van der Waals surface area contributed by atoms with Gasteiger partial charge >= 0.3 is 0 Å². The van der Waals surface area contributed by atoms with E-state index >= 15 is 0 Å². The third-order valence-corrected chi connectivity index (χ3v) is 3.91. The van der Waals surface area contributed by atoms with Crippen molar-refractivity contribution in [3.8, 4) is 0 Å². The summed E-state index contributed by atoms with van der Waals surface area (Å²) in [5, 5.41) is 0. The average molecular weight is 270 g/mol. The SMILES string of the molecule is CCCc1cccc(C(=O)CSc2ccccc2)c1. The minimum Gasteiger partial charge on any atom is -0.293 e. The Morgan fingerprint density at radius 3 is 2.58 bits per heavy atom. The number of carbonyl (C=O) groups excluding carboxylic acids is 1. The van der Waals surface area contributed by atoms with Crippen molar-refractivity contribution in [3.63, 3.8) is 0 Å². The molecule has 2 rings (SSSR count). The molecular weight excluding hydrogens is 252 g/mol. The molecule has 0 bridgehead atoms. The molecule has 0 unspecified atom stereocenters. The Bertz CT molecular complexity index is 534. The fraction of sp³-hybridized carbons (Fsp3) is 0.235. The average Bonchev–Trinajstić information content (AvgIpc) is 2.46. The highest BCUT2D eigenvalue weighted by atomic mass is 32.2. The fourth-order valence-electron chi connectivity index (χ4n) is 1.94. The third kappa shape index (κ3) is 4.25. The van der Waals surface area contributed by atoms with Crippen LogP contribution in [0.3, 0.4) is 0 Å². The van der Waals surface area contributed by atoms with Crippen LogP contribution in [0, 0.1) is 0 Å². The Balaban J connectivity index is 1.98. The summed E-state index contributed by atoms with van der Waals surface area (Å²) in [6, 6.07) is 18.0. The molecule has 0 atom stereocenters. The largest absolute Gasteiger partial charge is 0.293 e. The van der Waals surface area contributed by atoms with Gasteiger partial charge in [-0.2, -0.15) is 0 Å². The molecule has 0 fully saturated rings.